The Morgan fingerprint density at radius 1 is 1.39 bits per heavy atom. The maximum absolute atomic E-state index is 4.46. The molecule has 0 atom stereocenters. The first-order valence-corrected chi connectivity index (χ1v) is 7.53. The Hall–Kier alpha value is -0.680. The molecule has 0 spiro atoms. The Balaban J connectivity index is 1.83. The maximum Gasteiger partial charge on any atom is 0.131 e. The monoisotopic (exact) mass is 312 g/mol. The summed E-state index contributed by atoms with van der Waals surface area (Å²) in [5.41, 5.74) is 0. The van der Waals surface area contributed by atoms with Gasteiger partial charge in [0.2, 0.25) is 0 Å². The molecule has 0 bridgehead atoms. The third-order valence-electron chi connectivity index (χ3n) is 3.23. The van der Waals surface area contributed by atoms with E-state index in [9.17, 15) is 0 Å². The summed E-state index contributed by atoms with van der Waals surface area (Å²) in [7, 11) is 0. The molecule has 4 nitrogen and oxygen atoms in total. The van der Waals surface area contributed by atoms with Crippen molar-refractivity contribution in [3.05, 3.63) is 16.5 Å². The van der Waals surface area contributed by atoms with E-state index in [1.54, 1.807) is 0 Å². The van der Waals surface area contributed by atoms with Gasteiger partial charge in [-0.25, -0.2) is 9.97 Å². The van der Waals surface area contributed by atoms with Crippen LogP contribution in [0.1, 0.15) is 32.5 Å². The predicted molar refractivity (Wildman–Crippen MR) is 77.9 cm³/mol. The summed E-state index contributed by atoms with van der Waals surface area (Å²) < 4.78 is 0.853. The standard InChI is InChI=1S/C13H21BrN4/c1-3-12-16-11(14)9-13(17-12)15-7-8-18(4-2)10-5-6-10/h9-10H,3-8H2,1-2H3,(H,15,16,17). The van der Waals surface area contributed by atoms with Gasteiger partial charge in [0.25, 0.3) is 0 Å². The third-order valence-corrected chi connectivity index (χ3v) is 3.64. The molecule has 2 rings (SSSR count). The molecule has 18 heavy (non-hydrogen) atoms. The van der Waals surface area contributed by atoms with Gasteiger partial charge in [0.1, 0.15) is 16.2 Å². The number of aromatic nitrogens is 2. The molecule has 1 aliphatic rings. The van der Waals surface area contributed by atoms with Gasteiger partial charge in [-0.05, 0) is 35.3 Å². The Kier molecular flexibility index (Phi) is 4.95. The molecule has 0 aliphatic heterocycles. The average molecular weight is 313 g/mol. The van der Waals surface area contributed by atoms with Crippen LogP contribution in [0.5, 0.6) is 0 Å². The molecule has 1 fully saturated rings. The summed E-state index contributed by atoms with van der Waals surface area (Å²) in [5.74, 6) is 1.79. The first kappa shape index (κ1) is 13.7. The van der Waals surface area contributed by atoms with Gasteiger partial charge in [-0.15, -0.1) is 0 Å². The molecule has 0 aromatic carbocycles. The lowest BCUT2D eigenvalue weighted by Gasteiger charge is -2.20. The van der Waals surface area contributed by atoms with Crippen LogP contribution >= 0.6 is 15.9 Å². The number of halogens is 1. The van der Waals surface area contributed by atoms with Crippen molar-refractivity contribution in [2.45, 2.75) is 39.2 Å². The van der Waals surface area contributed by atoms with Crippen molar-refractivity contribution in [2.75, 3.05) is 25.0 Å². The van der Waals surface area contributed by atoms with E-state index in [0.717, 1.165) is 48.3 Å². The molecule has 100 valence electrons. The Morgan fingerprint density at radius 3 is 2.78 bits per heavy atom. The van der Waals surface area contributed by atoms with Crippen molar-refractivity contribution in [3.63, 3.8) is 0 Å². The van der Waals surface area contributed by atoms with Gasteiger partial charge < -0.3 is 5.32 Å². The second kappa shape index (κ2) is 6.48. The zero-order valence-electron chi connectivity index (χ0n) is 11.1. The molecular weight excluding hydrogens is 292 g/mol. The van der Waals surface area contributed by atoms with Crippen molar-refractivity contribution in [2.24, 2.45) is 0 Å². The SMILES string of the molecule is CCc1nc(Br)cc(NCCN(CC)C2CC2)n1. The second-order valence-electron chi connectivity index (χ2n) is 4.63. The number of hydrogen-bond acceptors (Lipinski definition) is 4. The molecular formula is C13H21BrN4. The number of nitrogens with one attached hydrogen (secondary N) is 1. The van der Waals surface area contributed by atoms with Crippen molar-refractivity contribution >= 4 is 21.7 Å². The summed E-state index contributed by atoms with van der Waals surface area (Å²) >= 11 is 3.42. The topological polar surface area (TPSA) is 41.1 Å². The molecule has 5 heteroatoms. The number of aryl methyl sites for hydroxylation is 1. The Bertz CT molecular complexity index is 393. The first-order valence-electron chi connectivity index (χ1n) is 6.74. The fourth-order valence-electron chi connectivity index (χ4n) is 2.08. The fraction of sp³-hybridized carbons (Fsp3) is 0.692. The van der Waals surface area contributed by atoms with Crippen molar-refractivity contribution in [3.8, 4) is 0 Å². The van der Waals surface area contributed by atoms with E-state index in [1.807, 2.05) is 6.07 Å². The van der Waals surface area contributed by atoms with Gasteiger partial charge in [0.15, 0.2) is 0 Å². The van der Waals surface area contributed by atoms with E-state index in [1.165, 1.54) is 12.8 Å². The Morgan fingerprint density at radius 2 is 2.17 bits per heavy atom. The minimum Gasteiger partial charge on any atom is -0.369 e. The Labute approximate surface area is 117 Å². The lowest BCUT2D eigenvalue weighted by Crippen LogP contribution is -2.31. The highest BCUT2D eigenvalue weighted by atomic mass is 79.9. The zero-order valence-corrected chi connectivity index (χ0v) is 12.7. The molecule has 1 aromatic rings. The van der Waals surface area contributed by atoms with Crippen LogP contribution < -0.4 is 5.32 Å². The van der Waals surface area contributed by atoms with Gasteiger partial charge in [0.05, 0.1) is 0 Å². The summed E-state index contributed by atoms with van der Waals surface area (Å²) in [6.45, 7) is 7.47. The molecule has 0 unspecified atom stereocenters. The third kappa shape index (κ3) is 3.92. The highest BCUT2D eigenvalue weighted by molar-refractivity contribution is 9.10. The van der Waals surface area contributed by atoms with Gasteiger partial charge in [-0.2, -0.15) is 0 Å². The number of anilines is 1. The van der Waals surface area contributed by atoms with Gasteiger partial charge in [0, 0.05) is 31.6 Å². The summed E-state index contributed by atoms with van der Waals surface area (Å²) in [4.78, 5) is 11.3. The van der Waals surface area contributed by atoms with Gasteiger partial charge in [-0.1, -0.05) is 13.8 Å². The van der Waals surface area contributed by atoms with E-state index < -0.39 is 0 Å². The smallest absolute Gasteiger partial charge is 0.131 e. The maximum atomic E-state index is 4.46. The van der Waals surface area contributed by atoms with Crippen LogP contribution in [-0.4, -0.2) is 40.5 Å². The molecule has 1 aliphatic carbocycles. The summed E-state index contributed by atoms with van der Waals surface area (Å²) in [5, 5.41) is 3.38. The van der Waals surface area contributed by atoms with Crippen LogP contribution in [-0.2, 0) is 6.42 Å². The summed E-state index contributed by atoms with van der Waals surface area (Å²) in [6, 6.07) is 2.77. The van der Waals surface area contributed by atoms with Crippen molar-refractivity contribution in [1.82, 2.24) is 14.9 Å². The second-order valence-corrected chi connectivity index (χ2v) is 5.44. The predicted octanol–water partition coefficient (Wildman–Crippen LogP) is 2.70. The van der Waals surface area contributed by atoms with Crippen molar-refractivity contribution < 1.29 is 0 Å². The fourth-order valence-corrected chi connectivity index (χ4v) is 2.50. The first-order chi connectivity index (χ1) is 8.72. The zero-order chi connectivity index (χ0) is 13.0. The lowest BCUT2D eigenvalue weighted by molar-refractivity contribution is 0.289. The van der Waals surface area contributed by atoms with E-state index in [4.69, 9.17) is 0 Å². The molecule has 0 radical (unpaired) electrons. The van der Waals surface area contributed by atoms with Crippen molar-refractivity contribution in [1.29, 1.82) is 0 Å². The van der Waals surface area contributed by atoms with Crippen LogP contribution in [0.15, 0.2) is 10.7 Å². The number of rotatable bonds is 7. The normalized spacial score (nSPS) is 15.1. The average Bonchev–Trinajstić information content (AvgIpc) is 3.18. The number of hydrogen-bond donors (Lipinski definition) is 1. The van der Waals surface area contributed by atoms with E-state index >= 15 is 0 Å². The van der Waals surface area contributed by atoms with Gasteiger partial charge in [-0.3, -0.25) is 4.90 Å². The summed E-state index contributed by atoms with van der Waals surface area (Å²) in [6.07, 6.45) is 3.59. The highest BCUT2D eigenvalue weighted by Gasteiger charge is 2.27. The molecule has 1 saturated carbocycles. The molecule has 1 heterocycles. The number of likely N-dealkylation sites (N-methyl/N-ethyl adjacent to an activating group) is 1. The molecule has 1 N–H and O–H groups in total. The highest BCUT2D eigenvalue weighted by Crippen LogP contribution is 2.26. The quantitative estimate of drug-likeness (QED) is 0.786. The van der Waals surface area contributed by atoms with E-state index in [-0.39, 0.29) is 0 Å². The van der Waals surface area contributed by atoms with Crippen LogP contribution in [0.3, 0.4) is 0 Å². The lowest BCUT2D eigenvalue weighted by atomic mass is 10.4. The molecule has 1 aromatic heterocycles. The van der Waals surface area contributed by atoms with Gasteiger partial charge >= 0.3 is 0 Å². The number of nitrogens with zero attached hydrogens (tertiary/aromatic N) is 3. The molecule has 0 amide bonds. The van der Waals surface area contributed by atoms with Crippen LogP contribution in [0.4, 0.5) is 5.82 Å². The van der Waals surface area contributed by atoms with E-state index in [0.29, 0.717) is 0 Å². The van der Waals surface area contributed by atoms with Crippen LogP contribution in [0.25, 0.3) is 0 Å². The minimum absolute atomic E-state index is 0.833. The minimum atomic E-state index is 0.833. The van der Waals surface area contributed by atoms with Crippen LogP contribution in [0.2, 0.25) is 0 Å². The van der Waals surface area contributed by atoms with Crippen LogP contribution in [0, 0.1) is 0 Å². The molecule has 0 saturated heterocycles. The van der Waals surface area contributed by atoms with E-state index in [2.05, 4.69) is 50.0 Å². The largest absolute Gasteiger partial charge is 0.369 e.